The summed E-state index contributed by atoms with van der Waals surface area (Å²) in [6.07, 6.45) is 4.00. The van der Waals surface area contributed by atoms with Crippen molar-refractivity contribution in [1.82, 2.24) is 9.97 Å². The van der Waals surface area contributed by atoms with E-state index in [0.717, 1.165) is 12.1 Å². The second-order valence-corrected chi connectivity index (χ2v) is 8.96. The lowest BCUT2D eigenvalue weighted by molar-refractivity contribution is -0.119. The molecular formula is C28H30N6O6. The van der Waals surface area contributed by atoms with Crippen molar-refractivity contribution in [3.63, 3.8) is 0 Å². The van der Waals surface area contributed by atoms with Crippen LogP contribution in [0.3, 0.4) is 0 Å². The van der Waals surface area contributed by atoms with E-state index < -0.39 is 5.91 Å². The van der Waals surface area contributed by atoms with Gasteiger partial charge in [0.05, 0.1) is 19.9 Å². The molecule has 1 aliphatic rings. The Morgan fingerprint density at radius 1 is 1.12 bits per heavy atom. The third-order valence-corrected chi connectivity index (χ3v) is 6.43. The molecule has 0 spiro atoms. The van der Waals surface area contributed by atoms with Gasteiger partial charge in [0, 0.05) is 36.5 Å². The summed E-state index contributed by atoms with van der Waals surface area (Å²) in [5.41, 5.74) is 12.9. The van der Waals surface area contributed by atoms with Gasteiger partial charge in [0.15, 0.2) is 5.78 Å². The number of amides is 2. The first-order chi connectivity index (χ1) is 19.2. The minimum Gasteiger partial charge on any atom is -0.497 e. The van der Waals surface area contributed by atoms with Crippen molar-refractivity contribution in [2.75, 3.05) is 31.0 Å². The number of carbonyl (C=O) groups is 3. The van der Waals surface area contributed by atoms with Gasteiger partial charge in [0.25, 0.3) is 5.91 Å². The monoisotopic (exact) mass is 546 g/mol. The smallest absolute Gasteiger partial charge is 0.255 e. The Balaban J connectivity index is 1.65. The highest BCUT2D eigenvalue weighted by Crippen LogP contribution is 2.35. The molecule has 0 saturated carbocycles. The highest BCUT2D eigenvalue weighted by molar-refractivity contribution is 5.95. The third kappa shape index (κ3) is 6.12. The molecule has 2 aromatic carbocycles. The molecule has 1 aliphatic heterocycles. The SMILES string of the molecule is C=CC(=O)Cc1cc(OC)ccc1Oc1nc(Nc2ccc(N3CCC[C@H]3C(N)=O)cc2OC)ncc1C(N)=O. The van der Waals surface area contributed by atoms with E-state index in [1.54, 1.807) is 30.3 Å². The number of allylic oxidation sites excluding steroid dienone is 1. The highest BCUT2D eigenvalue weighted by atomic mass is 16.5. The zero-order valence-corrected chi connectivity index (χ0v) is 22.2. The summed E-state index contributed by atoms with van der Waals surface area (Å²) in [4.78, 5) is 46.6. The number of methoxy groups -OCH3 is 2. The molecule has 40 heavy (non-hydrogen) atoms. The first-order valence-corrected chi connectivity index (χ1v) is 12.4. The highest BCUT2D eigenvalue weighted by Gasteiger charge is 2.29. The van der Waals surface area contributed by atoms with E-state index >= 15 is 0 Å². The van der Waals surface area contributed by atoms with Crippen LogP contribution in [0, 0.1) is 0 Å². The van der Waals surface area contributed by atoms with Crippen LogP contribution in [0.2, 0.25) is 0 Å². The molecule has 4 rings (SSSR count). The molecular weight excluding hydrogens is 516 g/mol. The number of nitrogens with one attached hydrogen (secondary N) is 1. The van der Waals surface area contributed by atoms with E-state index in [1.807, 2.05) is 11.0 Å². The van der Waals surface area contributed by atoms with Crippen LogP contribution in [-0.2, 0) is 16.0 Å². The van der Waals surface area contributed by atoms with E-state index in [4.69, 9.17) is 25.7 Å². The van der Waals surface area contributed by atoms with Crippen molar-refractivity contribution in [3.8, 4) is 23.1 Å². The van der Waals surface area contributed by atoms with Crippen molar-refractivity contribution in [3.05, 3.63) is 66.4 Å². The first-order valence-electron chi connectivity index (χ1n) is 12.4. The molecule has 5 N–H and O–H groups in total. The standard InChI is InChI=1S/C28H30N6O6/c1-4-18(35)12-16-13-19(38-2)8-10-23(16)40-27-20(25(29)36)15-31-28(33-27)32-21-9-7-17(14-24(21)39-3)34-11-5-6-22(34)26(30)37/h4,7-10,13-15,22H,1,5-6,11-12H2,2-3H3,(H2,29,36)(H2,30,37)(H,31,32,33)/t22-/m0/s1. The van der Waals surface area contributed by atoms with Crippen molar-refractivity contribution >= 4 is 34.9 Å². The van der Waals surface area contributed by atoms with E-state index in [1.165, 1.54) is 26.5 Å². The summed E-state index contributed by atoms with van der Waals surface area (Å²) in [7, 11) is 3.02. The Morgan fingerprint density at radius 2 is 1.93 bits per heavy atom. The maximum absolute atomic E-state index is 12.1. The number of rotatable bonds is 12. The molecule has 2 amide bonds. The second kappa shape index (κ2) is 12.2. The molecule has 0 radical (unpaired) electrons. The Kier molecular flexibility index (Phi) is 8.48. The summed E-state index contributed by atoms with van der Waals surface area (Å²) < 4.78 is 16.8. The lowest BCUT2D eigenvalue weighted by atomic mass is 10.1. The topological polar surface area (TPSA) is 172 Å². The largest absolute Gasteiger partial charge is 0.497 e. The molecule has 1 aromatic heterocycles. The normalized spacial score (nSPS) is 14.3. The number of hydrogen-bond acceptors (Lipinski definition) is 10. The number of ketones is 1. The van der Waals surface area contributed by atoms with Crippen LogP contribution in [0.1, 0.15) is 28.8 Å². The number of hydrogen-bond donors (Lipinski definition) is 3. The predicted molar refractivity (Wildman–Crippen MR) is 148 cm³/mol. The van der Waals surface area contributed by atoms with Crippen LogP contribution in [-0.4, -0.2) is 54.4 Å². The third-order valence-electron chi connectivity index (χ3n) is 6.43. The second-order valence-electron chi connectivity index (χ2n) is 8.96. The number of carbonyl (C=O) groups excluding carboxylic acids is 3. The van der Waals surface area contributed by atoms with Gasteiger partial charge in [-0.05, 0) is 49.2 Å². The van der Waals surface area contributed by atoms with Crippen molar-refractivity contribution < 1.29 is 28.6 Å². The molecule has 3 aromatic rings. The Hall–Kier alpha value is -5.13. The maximum Gasteiger partial charge on any atom is 0.255 e. The van der Waals surface area contributed by atoms with Crippen LogP contribution in [0.15, 0.2) is 55.3 Å². The summed E-state index contributed by atoms with van der Waals surface area (Å²) >= 11 is 0. The average molecular weight is 547 g/mol. The minimum atomic E-state index is -0.796. The zero-order chi connectivity index (χ0) is 28.8. The molecule has 12 heteroatoms. The van der Waals surface area contributed by atoms with Gasteiger partial charge < -0.3 is 35.9 Å². The van der Waals surface area contributed by atoms with Crippen molar-refractivity contribution in [1.29, 1.82) is 0 Å². The van der Waals surface area contributed by atoms with Crippen LogP contribution in [0.25, 0.3) is 0 Å². The Labute approximate surface area is 230 Å². The summed E-state index contributed by atoms with van der Waals surface area (Å²) in [6, 6.07) is 9.91. The van der Waals surface area contributed by atoms with Crippen molar-refractivity contribution in [2.45, 2.75) is 25.3 Å². The quantitative estimate of drug-likeness (QED) is 0.287. The molecule has 208 valence electrons. The van der Waals surface area contributed by atoms with Gasteiger partial charge in [-0.1, -0.05) is 6.58 Å². The number of nitrogens with zero attached hydrogens (tertiary/aromatic N) is 3. The van der Waals surface area contributed by atoms with Crippen LogP contribution in [0.5, 0.6) is 23.1 Å². The summed E-state index contributed by atoms with van der Waals surface area (Å²) in [6.45, 7) is 4.21. The minimum absolute atomic E-state index is 0.00466. The van der Waals surface area contributed by atoms with Gasteiger partial charge in [0.1, 0.15) is 28.9 Å². The zero-order valence-electron chi connectivity index (χ0n) is 22.2. The molecule has 0 bridgehead atoms. The van der Waals surface area contributed by atoms with Gasteiger partial charge >= 0.3 is 0 Å². The predicted octanol–water partition coefficient (Wildman–Crippen LogP) is 2.88. The number of aromatic nitrogens is 2. The van der Waals surface area contributed by atoms with Crippen LogP contribution < -0.4 is 35.9 Å². The first kappa shape index (κ1) is 27.9. The average Bonchev–Trinajstić information content (AvgIpc) is 3.44. The number of anilines is 3. The molecule has 1 fully saturated rings. The fourth-order valence-electron chi connectivity index (χ4n) is 4.41. The molecule has 0 unspecified atom stereocenters. The maximum atomic E-state index is 12.1. The Morgan fingerprint density at radius 3 is 2.60 bits per heavy atom. The van der Waals surface area contributed by atoms with Gasteiger partial charge in [-0.2, -0.15) is 4.98 Å². The summed E-state index contributed by atoms with van der Waals surface area (Å²) in [5, 5.41) is 3.06. The molecule has 1 saturated heterocycles. The van der Waals surface area contributed by atoms with Crippen LogP contribution in [0.4, 0.5) is 17.3 Å². The number of benzene rings is 2. The number of nitrogens with two attached hydrogens (primary N) is 2. The molecule has 12 nitrogen and oxygen atoms in total. The molecule has 0 aliphatic carbocycles. The van der Waals surface area contributed by atoms with E-state index in [-0.39, 0.29) is 47.3 Å². The fraction of sp³-hybridized carbons (Fsp3) is 0.250. The van der Waals surface area contributed by atoms with E-state index in [9.17, 15) is 14.4 Å². The lowest BCUT2D eigenvalue weighted by Gasteiger charge is -2.25. The fourth-order valence-corrected chi connectivity index (χ4v) is 4.41. The van der Waals surface area contributed by atoms with Gasteiger partial charge in [0.2, 0.25) is 17.7 Å². The Bertz CT molecular complexity index is 1460. The van der Waals surface area contributed by atoms with Gasteiger partial charge in [-0.25, -0.2) is 4.98 Å². The van der Waals surface area contributed by atoms with Gasteiger partial charge in [-0.3, -0.25) is 14.4 Å². The summed E-state index contributed by atoms with van der Waals surface area (Å²) in [5.74, 6) is -0.147. The molecule has 2 heterocycles. The number of primary amides is 2. The number of ether oxygens (including phenoxy) is 3. The van der Waals surface area contributed by atoms with Crippen molar-refractivity contribution in [2.24, 2.45) is 11.5 Å². The van der Waals surface area contributed by atoms with E-state index in [2.05, 4.69) is 21.9 Å². The van der Waals surface area contributed by atoms with Crippen LogP contribution >= 0.6 is 0 Å². The van der Waals surface area contributed by atoms with E-state index in [0.29, 0.717) is 35.7 Å². The molecule has 1 atom stereocenters. The lowest BCUT2D eigenvalue weighted by Crippen LogP contribution is -2.40. The van der Waals surface area contributed by atoms with Gasteiger partial charge in [-0.15, -0.1) is 0 Å².